The number of anilines is 1. The minimum Gasteiger partial charge on any atom is -0.423 e. The molecule has 0 aliphatic heterocycles. The zero-order chi connectivity index (χ0) is 23.1. The van der Waals surface area contributed by atoms with Gasteiger partial charge in [0.15, 0.2) is 0 Å². The minimum atomic E-state index is -0.437. The van der Waals surface area contributed by atoms with Gasteiger partial charge in [0.25, 0.3) is 11.5 Å². The number of benzene rings is 3. The molecule has 2 heterocycles. The average Bonchev–Trinajstić information content (AvgIpc) is 2.79. The summed E-state index contributed by atoms with van der Waals surface area (Å²) in [6.45, 7) is 3.60. The summed E-state index contributed by atoms with van der Waals surface area (Å²) >= 11 is 0. The Balaban J connectivity index is 1.44. The van der Waals surface area contributed by atoms with Gasteiger partial charge in [0.2, 0.25) is 0 Å². The Morgan fingerprint density at radius 1 is 0.909 bits per heavy atom. The predicted octanol–water partition coefficient (Wildman–Crippen LogP) is 4.36. The molecule has 2 aromatic heterocycles. The lowest BCUT2D eigenvalue weighted by atomic mass is 10.1. The summed E-state index contributed by atoms with van der Waals surface area (Å²) in [6, 6.07) is 20.5. The number of aromatic nitrogens is 2. The molecule has 0 aliphatic rings. The highest BCUT2D eigenvalue weighted by atomic mass is 16.4. The third-order valence-corrected chi connectivity index (χ3v) is 5.54. The second kappa shape index (κ2) is 7.87. The molecule has 0 radical (unpaired) electrons. The van der Waals surface area contributed by atoms with E-state index in [0.29, 0.717) is 39.2 Å². The van der Waals surface area contributed by atoms with E-state index in [0.717, 1.165) is 10.9 Å². The van der Waals surface area contributed by atoms with Crippen molar-refractivity contribution in [3.8, 4) is 5.69 Å². The third-order valence-electron chi connectivity index (χ3n) is 5.54. The van der Waals surface area contributed by atoms with Gasteiger partial charge in [0.1, 0.15) is 11.4 Å². The Hall–Kier alpha value is -4.52. The quantitative estimate of drug-likeness (QED) is 0.423. The minimum absolute atomic E-state index is 0.164. The largest absolute Gasteiger partial charge is 0.423 e. The summed E-state index contributed by atoms with van der Waals surface area (Å²) < 4.78 is 6.77. The fourth-order valence-corrected chi connectivity index (χ4v) is 3.92. The molecule has 0 spiro atoms. The van der Waals surface area contributed by atoms with Crippen LogP contribution in [0, 0.1) is 13.8 Å². The number of fused-ring (bicyclic) bond motifs is 2. The first-order chi connectivity index (χ1) is 15.9. The van der Waals surface area contributed by atoms with E-state index in [2.05, 4.69) is 10.3 Å². The number of amides is 1. The molecular formula is C26H19N3O4. The maximum Gasteiger partial charge on any atom is 0.336 e. The van der Waals surface area contributed by atoms with Crippen molar-refractivity contribution in [2.75, 3.05) is 5.32 Å². The Morgan fingerprint density at radius 3 is 2.45 bits per heavy atom. The lowest BCUT2D eigenvalue weighted by Gasteiger charge is -2.12. The molecule has 0 fully saturated rings. The van der Waals surface area contributed by atoms with Gasteiger partial charge in [-0.3, -0.25) is 14.2 Å². The zero-order valence-electron chi connectivity index (χ0n) is 18.0. The van der Waals surface area contributed by atoms with Crippen molar-refractivity contribution >= 4 is 33.5 Å². The van der Waals surface area contributed by atoms with Crippen molar-refractivity contribution in [1.29, 1.82) is 0 Å². The number of nitrogens with one attached hydrogen (secondary N) is 1. The predicted molar refractivity (Wildman–Crippen MR) is 127 cm³/mol. The molecule has 7 nitrogen and oxygen atoms in total. The van der Waals surface area contributed by atoms with Crippen LogP contribution in [0.3, 0.4) is 0 Å². The number of carbonyl (C=O) groups is 1. The lowest BCUT2D eigenvalue weighted by molar-refractivity contribution is 0.102. The molecule has 5 aromatic rings. The molecule has 3 aromatic carbocycles. The van der Waals surface area contributed by atoms with E-state index < -0.39 is 5.63 Å². The molecule has 1 amide bonds. The maximum absolute atomic E-state index is 13.0. The van der Waals surface area contributed by atoms with Gasteiger partial charge in [0.05, 0.1) is 16.6 Å². The number of para-hydroxylation sites is 1. The Kier molecular flexibility index (Phi) is 4.86. The van der Waals surface area contributed by atoms with Crippen LogP contribution in [0.4, 0.5) is 5.69 Å². The number of aryl methyl sites for hydroxylation is 2. The molecule has 0 aliphatic carbocycles. The Labute approximate surface area is 187 Å². The summed E-state index contributed by atoms with van der Waals surface area (Å²) in [5, 5.41) is 4.15. The van der Waals surface area contributed by atoms with Crippen molar-refractivity contribution < 1.29 is 9.21 Å². The zero-order valence-corrected chi connectivity index (χ0v) is 18.0. The molecule has 162 valence electrons. The molecule has 33 heavy (non-hydrogen) atoms. The topological polar surface area (TPSA) is 94.2 Å². The van der Waals surface area contributed by atoms with Crippen LogP contribution in [0.1, 0.15) is 21.7 Å². The smallest absolute Gasteiger partial charge is 0.336 e. The fourth-order valence-electron chi connectivity index (χ4n) is 3.92. The average molecular weight is 437 g/mol. The molecule has 1 N–H and O–H groups in total. The van der Waals surface area contributed by atoms with Crippen LogP contribution >= 0.6 is 0 Å². The second-order valence-electron chi connectivity index (χ2n) is 7.78. The monoisotopic (exact) mass is 437 g/mol. The molecule has 0 bridgehead atoms. The second-order valence-corrected chi connectivity index (χ2v) is 7.78. The summed E-state index contributed by atoms with van der Waals surface area (Å²) in [5.74, 6) is 0.237. The van der Waals surface area contributed by atoms with Crippen LogP contribution in [0.15, 0.2) is 86.8 Å². The summed E-state index contributed by atoms with van der Waals surface area (Å²) in [7, 11) is 0. The van der Waals surface area contributed by atoms with Gasteiger partial charge in [-0.2, -0.15) is 0 Å². The van der Waals surface area contributed by atoms with Crippen LogP contribution < -0.4 is 16.5 Å². The van der Waals surface area contributed by atoms with Gasteiger partial charge < -0.3 is 9.73 Å². The highest BCUT2D eigenvalue weighted by Crippen LogP contribution is 2.21. The number of carbonyl (C=O) groups excluding carboxylic acids is 1. The number of hydrogen-bond donors (Lipinski definition) is 1. The van der Waals surface area contributed by atoms with E-state index >= 15 is 0 Å². The standard InChI is InChI=1S/C26H19N3O4/c1-15-13-24(30)33-23-14-18(9-12-20(15)23)28-25(31)17-7-10-19(11-8-17)29-16(2)27-22-6-4-3-5-21(22)26(29)32/h3-14H,1-2H3,(H,28,31). The van der Waals surface area contributed by atoms with E-state index in [1.807, 2.05) is 13.0 Å². The van der Waals surface area contributed by atoms with Crippen molar-refractivity contribution in [3.05, 3.63) is 111 Å². The number of nitrogens with zero attached hydrogens (tertiary/aromatic N) is 2. The molecule has 0 unspecified atom stereocenters. The SMILES string of the molecule is Cc1cc(=O)oc2cc(NC(=O)c3ccc(-n4c(C)nc5ccccc5c4=O)cc3)ccc12. The highest BCUT2D eigenvalue weighted by Gasteiger charge is 2.12. The fraction of sp³-hybridized carbons (Fsp3) is 0.0769. The van der Waals surface area contributed by atoms with Crippen molar-refractivity contribution in [2.45, 2.75) is 13.8 Å². The van der Waals surface area contributed by atoms with Gasteiger partial charge in [-0.25, -0.2) is 9.78 Å². The van der Waals surface area contributed by atoms with Crippen LogP contribution in [0.5, 0.6) is 0 Å². The third kappa shape index (κ3) is 3.70. The maximum atomic E-state index is 13.0. The molecule has 0 saturated heterocycles. The number of hydrogen-bond acceptors (Lipinski definition) is 5. The van der Waals surface area contributed by atoms with Crippen LogP contribution in [0.25, 0.3) is 27.6 Å². The van der Waals surface area contributed by atoms with E-state index in [1.165, 1.54) is 10.6 Å². The van der Waals surface area contributed by atoms with Crippen molar-refractivity contribution in [3.63, 3.8) is 0 Å². The molecule has 7 heteroatoms. The van der Waals surface area contributed by atoms with Gasteiger partial charge in [-0.15, -0.1) is 0 Å². The van der Waals surface area contributed by atoms with Gasteiger partial charge in [-0.05, 0) is 67.9 Å². The number of rotatable bonds is 3. The first kappa shape index (κ1) is 20.4. The van der Waals surface area contributed by atoms with Gasteiger partial charge >= 0.3 is 5.63 Å². The van der Waals surface area contributed by atoms with Crippen molar-refractivity contribution in [2.24, 2.45) is 0 Å². The molecule has 0 atom stereocenters. The van der Waals surface area contributed by atoms with Crippen molar-refractivity contribution in [1.82, 2.24) is 9.55 Å². The first-order valence-electron chi connectivity index (χ1n) is 10.4. The van der Waals surface area contributed by atoms with E-state index in [4.69, 9.17) is 4.42 Å². The van der Waals surface area contributed by atoms with Gasteiger partial charge in [0, 0.05) is 28.8 Å². The van der Waals surface area contributed by atoms with Crippen LogP contribution in [-0.4, -0.2) is 15.5 Å². The Morgan fingerprint density at radius 2 is 1.67 bits per heavy atom. The Bertz CT molecular complexity index is 1660. The lowest BCUT2D eigenvalue weighted by Crippen LogP contribution is -2.22. The van der Waals surface area contributed by atoms with E-state index in [1.54, 1.807) is 67.6 Å². The van der Waals surface area contributed by atoms with E-state index in [9.17, 15) is 14.4 Å². The molecule has 5 rings (SSSR count). The summed E-state index contributed by atoms with van der Waals surface area (Å²) in [5.41, 5.74) is 2.82. The summed E-state index contributed by atoms with van der Waals surface area (Å²) in [6.07, 6.45) is 0. The highest BCUT2D eigenvalue weighted by molar-refractivity contribution is 6.05. The van der Waals surface area contributed by atoms with Gasteiger partial charge in [-0.1, -0.05) is 12.1 Å². The normalized spacial score (nSPS) is 11.1. The van der Waals surface area contributed by atoms with Crippen LogP contribution in [-0.2, 0) is 0 Å². The van der Waals surface area contributed by atoms with Crippen LogP contribution in [0.2, 0.25) is 0 Å². The van der Waals surface area contributed by atoms with E-state index in [-0.39, 0.29) is 11.5 Å². The first-order valence-corrected chi connectivity index (χ1v) is 10.4. The summed E-state index contributed by atoms with van der Waals surface area (Å²) in [4.78, 5) is 41.9. The molecule has 0 saturated carbocycles. The molecular weight excluding hydrogens is 418 g/mol.